The van der Waals surface area contributed by atoms with Gasteiger partial charge in [0.2, 0.25) is 0 Å². The number of fused-ring (bicyclic) bond motifs is 1. The van der Waals surface area contributed by atoms with E-state index in [4.69, 9.17) is 9.47 Å². The third kappa shape index (κ3) is 5.02. The second-order valence-corrected chi connectivity index (χ2v) is 6.67. The van der Waals surface area contributed by atoms with Crippen LogP contribution < -0.4 is 31.4 Å². The molecule has 1 aromatic heterocycles. The van der Waals surface area contributed by atoms with Gasteiger partial charge in [0.1, 0.15) is 17.1 Å². The monoisotopic (exact) mass is 401 g/mol. The van der Waals surface area contributed by atoms with Crippen LogP contribution in [-0.2, 0) is 11.2 Å². The molecule has 0 saturated carbocycles. The van der Waals surface area contributed by atoms with Gasteiger partial charge in [-0.15, -0.1) is 6.58 Å². The number of aromatic nitrogens is 1. The summed E-state index contributed by atoms with van der Waals surface area (Å²) >= 11 is 4.15. The smallest absolute Gasteiger partial charge is 0.197 e. The average molecular weight is 402 g/mol. The molecule has 0 amide bonds. The van der Waals surface area contributed by atoms with E-state index >= 15 is 0 Å². The number of ether oxygens (including phenoxy) is 2. The summed E-state index contributed by atoms with van der Waals surface area (Å²) in [5, 5.41) is 11.1. The SMILES string of the molecule is C=CCNC1=c2cc[nH]c2=NC(Nc2ccc(CCOCCS)cc2OC)N1. The maximum absolute atomic E-state index is 5.57. The van der Waals surface area contributed by atoms with Crippen LogP contribution in [0.25, 0.3) is 5.82 Å². The Morgan fingerprint density at radius 2 is 2.21 bits per heavy atom. The Morgan fingerprint density at radius 3 is 3.00 bits per heavy atom. The molecule has 0 spiro atoms. The number of H-pyrrole nitrogens is 1. The molecule has 8 heteroatoms. The molecule has 150 valence electrons. The van der Waals surface area contributed by atoms with Crippen molar-refractivity contribution in [1.82, 2.24) is 15.6 Å². The first kappa shape index (κ1) is 20.2. The number of hydrogen-bond donors (Lipinski definition) is 5. The molecular formula is C20H27N5O2S. The molecule has 1 aliphatic heterocycles. The van der Waals surface area contributed by atoms with Crippen LogP contribution in [-0.4, -0.2) is 43.9 Å². The fourth-order valence-electron chi connectivity index (χ4n) is 2.95. The lowest BCUT2D eigenvalue weighted by Crippen LogP contribution is -2.49. The van der Waals surface area contributed by atoms with Gasteiger partial charge in [-0.2, -0.15) is 12.6 Å². The zero-order chi connectivity index (χ0) is 19.8. The number of aromatic amines is 1. The third-order valence-corrected chi connectivity index (χ3v) is 4.47. The van der Waals surface area contributed by atoms with Crippen molar-refractivity contribution in [2.24, 2.45) is 4.99 Å². The molecule has 1 atom stereocenters. The van der Waals surface area contributed by atoms with Crippen molar-refractivity contribution in [3.05, 3.63) is 59.4 Å². The summed E-state index contributed by atoms with van der Waals surface area (Å²) in [6.07, 6.45) is 4.18. The third-order valence-electron chi connectivity index (χ3n) is 4.29. The molecular weight excluding hydrogens is 374 g/mol. The largest absolute Gasteiger partial charge is 0.495 e. The minimum Gasteiger partial charge on any atom is -0.495 e. The molecule has 1 aliphatic rings. The molecule has 2 aromatic rings. The van der Waals surface area contributed by atoms with Crippen LogP contribution in [0.1, 0.15) is 5.56 Å². The average Bonchev–Trinajstić information content (AvgIpc) is 3.19. The fraction of sp³-hybridized carbons (Fsp3) is 0.350. The summed E-state index contributed by atoms with van der Waals surface area (Å²) in [5.74, 6) is 2.40. The number of methoxy groups -OCH3 is 1. The maximum atomic E-state index is 5.57. The summed E-state index contributed by atoms with van der Waals surface area (Å²) in [4.78, 5) is 7.85. The molecule has 4 N–H and O–H groups in total. The van der Waals surface area contributed by atoms with E-state index in [2.05, 4.69) is 51.2 Å². The van der Waals surface area contributed by atoms with Crippen molar-refractivity contribution in [2.45, 2.75) is 12.7 Å². The summed E-state index contributed by atoms with van der Waals surface area (Å²) < 4.78 is 11.1. The Labute approximate surface area is 170 Å². The van der Waals surface area contributed by atoms with Crippen molar-refractivity contribution in [2.75, 3.05) is 37.9 Å². The standard InChI is InChI=1S/C20H27N5O2S/c1-3-8-21-18-15-6-9-22-19(15)25-20(24-18)23-16-5-4-14(13-17(16)26-2)7-10-27-11-12-28/h3-6,9,13,20-21,23-24,28H,1,7-8,10-12H2,2H3,(H,22,25). The molecule has 0 radical (unpaired) electrons. The van der Waals surface area contributed by atoms with Crippen molar-refractivity contribution >= 4 is 24.1 Å². The number of hydrogen-bond acceptors (Lipinski definition) is 7. The molecule has 7 nitrogen and oxygen atoms in total. The second-order valence-electron chi connectivity index (χ2n) is 6.23. The van der Waals surface area contributed by atoms with E-state index < -0.39 is 0 Å². The Bertz CT molecular complexity index is 912. The number of anilines is 1. The lowest BCUT2D eigenvalue weighted by Gasteiger charge is -2.24. The van der Waals surface area contributed by atoms with Crippen molar-refractivity contribution in [3.8, 4) is 5.75 Å². The minimum atomic E-state index is -0.336. The van der Waals surface area contributed by atoms with Crippen LogP contribution in [0.2, 0.25) is 0 Å². The quantitative estimate of drug-likeness (QED) is 0.220. The van der Waals surface area contributed by atoms with Crippen LogP contribution in [0.15, 0.2) is 48.1 Å². The van der Waals surface area contributed by atoms with E-state index in [1.807, 2.05) is 30.5 Å². The molecule has 0 saturated heterocycles. The first-order chi connectivity index (χ1) is 13.7. The van der Waals surface area contributed by atoms with E-state index in [9.17, 15) is 0 Å². The van der Waals surface area contributed by atoms with E-state index in [1.165, 1.54) is 0 Å². The van der Waals surface area contributed by atoms with Gasteiger partial charge in [0.15, 0.2) is 6.29 Å². The van der Waals surface area contributed by atoms with Gasteiger partial charge in [-0.05, 0) is 30.2 Å². The van der Waals surface area contributed by atoms with Gasteiger partial charge in [-0.3, -0.25) is 0 Å². The van der Waals surface area contributed by atoms with Gasteiger partial charge in [0.25, 0.3) is 0 Å². The highest BCUT2D eigenvalue weighted by molar-refractivity contribution is 7.80. The molecule has 1 unspecified atom stereocenters. The zero-order valence-corrected chi connectivity index (χ0v) is 16.9. The molecule has 0 fully saturated rings. The van der Waals surface area contributed by atoms with Gasteiger partial charge in [-0.1, -0.05) is 12.1 Å². The van der Waals surface area contributed by atoms with E-state index in [0.29, 0.717) is 19.8 Å². The normalized spacial score (nSPS) is 15.2. The van der Waals surface area contributed by atoms with Gasteiger partial charge >= 0.3 is 0 Å². The summed E-state index contributed by atoms with van der Waals surface area (Å²) in [6.45, 7) is 5.74. The van der Waals surface area contributed by atoms with Crippen LogP contribution in [0.5, 0.6) is 5.75 Å². The Morgan fingerprint density at radius 1 is 1.32 bits per heavy atom. The van der Waals surface area contributed by atoms with Crippen LogP contribution >= 0.6 is 12.6 Å². The number of benzene rings is 1. The van der Waals surface area contributed by atoms with Gasteiger partial charge in [0.05, 0.1) is 31.2 Å². The Balaban J connectivity index is 1.72. The number of rotatable bonds is 11. The fourth-order valence-corrected chi connectivity index (χ4v) is 3.08. The van der Waals surface area contributed by atoms with E-state index in [-0.39, 0.29) is 6.29 Å². The molecule has 0 bridgehead atoms. The zero-order valence-electron chi connectivity index (χ0n) is 16.0. The van der Waals surface area contributed by atoms with Crippen molar-refractivity contribution in [3.63, 3.8) is 0 Å². The molecule has 1 aromatic carbocycles. The summed E-state index contributed by atoms with van der Waals surface area (Å²) in [6, 6.07) is 8.08. The predicted molar refractivity (Wildman–Crippen MR) is 115 cm³/mol. The summed E-state index contributed by atoms with van der Waals surface area (Å²) in [7, 11) is 1.67. The van der Waals surface area contributed by atoms with Gasteiger partial charge < -0.3 is 30.4 Å². The second kappa shape index (κ2) is 10.1. The molecule has 3 rings (SSSR count). The number of nitrogens with zero attached hydrogens (tertiary/aromatic N) is 1. The van der Waals surface area contributed by atoms with E-state index in [1.54, 1.807) is 7.11 Å². The molecule has 28 heavy (non-hydrogen) atoms. The topological polar surface area (TPSA) is 82.7 Å². The summed E-state index contributed by atoms with van der Waals surface area (Å²) in [5.41, 5.74) is 2.84. The highest BCUT2D eigenvalue weighted by Gasteiger charge is 2.16. The van der Waals surface area contributed by atoms with Crippen molar-refractivity contribution < 1.29 is 9.47 Å². The predicted octanol–water partition coefficient (Wildman–Crippen LogP) is 0.972. The molecule has 2 heterocycles. The van der Waals surface area contributed by atoms with Crippen molar-refractivity contribution in [1.29, 1.82) is 0 Å². The first-order valence-corrected chi connectivity index (χ1v) is 9.87. The Hall–Kier alpha value is -2.58. The minimum absolute atomic E-state index is 0.336. The Kier molecular flexibility index (Phi) is 7.27. The highest BCUT2D eigenvalue weighted by atomic mass is 32.1. The van der Waals surface area contributed by atoms with Crippen LogP contribution in [0, 0.1) is 0 Å². The van der Waals surface area contributed by atoms with E-state index in [0.717, 1.165) is 45.7 Å². The molecule has 0 aliphatic carbocycles. The number of thiol groups is 1. The number of nitrogens with one attached hydrogen (secondary N) is 4. The lowest BCUT2D eigenvalue weighted by atomic mass is 10.1. The maximum Gasteiger partial charge on any atom is 0.197 e. The van der Waals surface area contributed by atoms with Crippen LogP contribution in [0.4, 0.5) is 5.69 Å². The van der Waals surface area contributed by atoms with Gasteiger partial charge in [0, 0.05) is 18.5 Å². The van der Waals surface area contributed by atoms with Crippen LogP contribution in [0.3, 0.4) is 0 Å². The first-order valence-electron chi connectivity index (χ1n) is 9.24. The highest BCUT2D eigenvalue weighted by Crippen LogP contribution is 2.26. The van der Waals surface area contributed by atoms with Gasteiger partial charge in [-0.25, -0.2) is 4.99 Å². The lowest BCUT2D eigenvalue weighted by molar-refractivity contribution is 0.153.